The molecular weight excluding hydrogens is 400 g/mol. The smallest absolute Gasteiger partial charge is 0.317 e. The summed E-state index contributed by atoms with van der Waals surface area (Å²) >= 11 is 0. The molecule has 0 spiro atoms. The zero-order chi connectivity index (χ0) is 22.3. The monoisotopic (exact) mass is 424 g/mol. The second kappa shape index (κ2) is 7.93. The molecule has 0 fully saturated rings. The third kappa shape index (κ3) is 3.37. The van der Waals surface area contributed by atoms with Gasteiger partial charge in [0.05, 0.1) is 24.1 Å². The summed E-state index contributed by atoms with van der Waals surface area (Å²) in [6.07, 6.45) is 2.80. The van der Waals surface area contributed by atoms with Crippen molar-refractivity contribution in [2.75, 3.05) is 28.8 Å². The number of anilines is 4. The number of fused-ring (bicyclic) bond motifs is 2. The zero-order valence-electron chi connectivity index (χ0n) is 17.9. The third-order valence-electron chi connectivity index (χ3n) is 5.67. The van der Waals surface area contributed by atoms with Crippen molar-refractivity contribution in [2.24, 2.45) is 5.18 Å². The maximum atomic E-state index is 12.8. The lowest BCUT2D eigenvalue weighted by Gasteiger charge is -2.42. The molecular formula is C21H24N6O4. The average molecular weight is 424 g/mol. The number of carbonyl (C=O) groups is 2. The Balaban J connectivity index is 1.73. The highest BCUT2D eigenvalue weighted by Gasteiger charge is 2.38. The predicted octanol–water partition coefficient (Wildman–Crippen LogP) is 3.03. The van der Waals surface area contributed by atoms with E-state index >= 15 is 0 Å². The molecule has 31 heavy (non-hydrogen) atoms. The molecule has 0 saturated heterocycles. The van der Waals surface area contributed by atoms with E-state index in [-0.39, 0.29) is 23.6 Å². The largest absolute Gasteiger partial charge is 0.491 e. The van der Waals surface area contributed by atoms with Crippen molar-refractivity contribution in [1.82, 2.24) is 9.97 Å². The van der Waals surface area contributed by atoms with Crippen LogP contribution in [0.25, 0.3) is 0 Å². The van der Waals surface area contributed by atoms with Crippen LogP contribution in [0.5, 0.6) is 5.75 Å². The SMILES string of the molecule is CC[C@@H]1C(=O)N(C)c2cnc(Nc3ccc(C(=O)N=O)c4c3OCC4)nc2N1C(C)C. The molecule has 0 aliphatic carbocycles. The number of nitrogens with one attached hydrogen (secondary N) is 1. The van der Waals surface area contributed by atoms with Crippen LogP contribution in [0.1, 0.15) is 43.1 Å². The molecule has 4 rings (SSSR count). The van der Waals surface area contributed by atoms with E-state index in [0.29, 0.717) is 53.9 Å². The fraction of sp³-hybridized carbons (Fsp3) is 0.429. The first-order chi connectivity index (χ1) is 14.9. The van der Waals surface area contributed by atoms with Crippen molar-refractivity contribution in [3.05, 3.63) is 34.4 Å². The number of ether oxygens (including phenoxy) is 1. The lowest BCUT2D eigenvalue weighted by atomic mass is 10.0. The molecule has 10 heteroatoms. The van der Waals surface area contributed by atoms with E-state index in [9.17, 15) is 14.5 Å². The van der Waals surface area contributed by atoms with Crippen LogP contribution < -0.4 is 19.9 Å². The van der Waals surface area contributed by atoms with Gasteiger partial charge in [-0.1, -0.05) is 6.92 Å². The van der Waals surface area contributed by atoms with Crippen LogP contribution in [0, 0.1) is 4.91 Å². The van der Waals surface area contributed by atoms with Crippen molar-refractivity contribution >= 4 is 35.0 Å². The highest BCUT2D eigenvalue weighted by molar-refractivity contribution is 6.04. The standard InChI is InChI=1S/C21H24N6O4/c1-5-15-20(29)26(4)16-10-22-21(24-18(16)27(15)11(2)3)23-14-7-6-13(19(28)25-30)12-8-9-31-17(12)14/h6-7,10-11,15H,5,8-9H2,1-4H3,(H,22,23,24)/t15-/m1/s1. The maximum absolute atomic E-state index is 12.8. The number of amides is 2. The third-order valence-corrected chi connectivity index (χ3v) is 5.67. The number of nitroso groups, excluding NO2 is 1. The Bertz CT molecular complexity index is 1070. The van der Waals surface area contributed by atoms with Crippen LogP contribution in [0.2, 0.25) is 0 Å². The lowest BCUT2D eigenvalue weighted by molar-refractivity contribution is -0.120. The number of carbonyl (C=O) groups excluding carboxylic acids is 2. The van der Waals surface area contributed by atoms with Gasteiger partial charge in [0.15, 0.2) is 5.82 Å². The molecule has 2 aromatic rings. The van der Waals surface area contributed by atoms with Gasteiger partial charge in [-0.15, -0.1) is 4.91 Å². The van der Waals surface area contributed by atoms with Gasteiger partial charge in [-0.05, 0) is 32.4 Å². The Kier molecular flexibility index (Phi) is 5.30. The molecule has 3 heterocycles. The van der Waals surface area contributed by atoms with Crippen LogP contribution in [-0.2, 0) is 11.2 Å². The summed E-state index contributed by atoms with van der Waals surface area (Å²) in [7, 11) is 1.73. The van der Waals surface area contributed by atoms with E-state index < -0.39 is 5.91 Å². The minimum absolute atomic E-state index is 0.0169. The Morgan fingerprint density at radius 2 is 2.16 bits per heavy atom. The fourth-order valence-corrected chi connectivity index (χ4v) is 4.20. The number of benzene rings is 1. The number of hydrogen-bond acceptors (Lipinski definition) is 8. The number of aromatic nitrogens is 2. The van der Waals surface area contributed by atoms with Crippen molar-refractivity contribution in [2.45, 2.75) is 45.7 Å². The normalized spacial score (nSPS) is 17.3. The second-order valence-electron chi connectivity index (χ2n) is 7.81. The van der Waals surface area contributed by atoms with Crippen LogP contribution >= 0.6 is 0 Å². The molecule has 2 aliphatic rings. The molecule has 0 saturated carbocycles. The van der Waals surface area contributed by atoms with E-state index in [0.717, 1.165) is 0 Å². The predicted molar refractivity (Wildman–Crippen MR) is 116 cm³/mol. The van der Waals surface area contributed by atoms with Gasteiger partial charge in [0.1, 0.15) is 17.5 Å². The van der Waals surface area contributed by atoms with E-state index in [1.807, 2.05) is 25.7 Å². The number of nitrogens with zero attached hydrogens (tertiary/aromatic N) is 5. The Morgan fingerprint density at radius 1 is 1.39 bits per heavy atom. The summed E-state index contributed by atoms with van der Waals surface area (Å²) in [6.45, 7) is 6.44. The van der Waals surface area contributed by atoms with E-state index in [1.165, 1.54) is 0 Å². The summed E-state index contributed by atoms with van der Waals surface area (Å²) in [5, 5.41) is 5.68. The topological polar surface area (TPSA) is 117 Å². The minimum Gasteiger partial charge on any atom is -0.491 e. The van der Waals surface area contributed by atoms with Gasteiger partial charge in [0, 0.05) is 30.3 Å². The molecule has 0 radical (unpaired) electrons. The summed E-state index contributed by atoms with van der Waals surface area (Å²) in [5.74, 6) is 0.714. The van der Waals surface area contributed by atoms with Gasteiger partial charge in [-0.2, -0.15) is 4.98 Å². The van der Waals surface area contributed by atoms with Crippen LogP contribution in [-0.4, -0.2) is 47.5 Å². The maximum Gasteiger partial charge on any atom is 0.317 e. The molecule has 0 bridgehead atoms. The average Bonchev–Trinajstić information content (AvgIpc) is 3.25. The van der Waals surface area contributed by atoms with Gasteiger partial charge in [-0.3, -0.25) is 9.59 Å². The molecule has 1 aromatic carbocycles. The Hall–Kier alpha value is -3.56. The molecule has 1 aromatic heterocycles. The van der Waals surface area contributed by atoms with Crippen molar-refractivity contribution in [1.29, 1.82) is 0 Å². The van der Waals surface area contributed by atoms with Crippen molar-refractivity contribution in [3.63, 3.8) is 0 Å². The van der Waals surface area contributed by atoms with Gasteiger partial charge < -0.3 is 19.9 Å². The molecule has 1 atom stereocenters. The van der Waals surface area contributed by atoms with Crippen LogP contribution in [0.3, 0.4) is 0 Å². The van der Waals surface area contributed by atoms with E-state index in [4.69, 9.17) is 9.72 Å². The molecule has 1 N–H and O–H groups in total. The number of likely N-dealkylation sites (N-methyl/N-ethyl adjacent to an activating group) is 1. The zero-order valence-corrected chi connectivity index (χ0v) is 17.9. The first-order valence-corrected chi connectivity index (χ1v) is 10.2. The first-order valence-electron chi connectivity index (χ1n) is 10.2. The van der Waals surface area contributed by atoms with E-state index in [1.54, 1.807) is 30.3 Å². The molecule has 2 amide bonds. The molecule has 2 aliphatic heterocycles. The summed E-state index contributed by atoms with van der Waals surface area (Å²) in [6, 6.07) is 2.97. The number of rotatable bonds is 5. The highest BCUT2D eigenvalue weighted by Crippen LogP contribution is 2.39. The fourth-order valence-electron chi connectivity index (χ4n) is 4.20. The van der Waals surface area contributed by atoms with Crippen LogP contribution in [0.4, 0.5) is 23.1 Å². The number of hydrogen-bond donors (Lipinski definition) is 1. The molecule has 162 valence electrons. The Morgan fingerprint density at radius 3 is 2.84 bits per heavy atom. The first kappa shape index (κ1) is 20.7. The van der Waals surface area contributed by atoms with Gasteiger partial charge in [-0.25, -0.2) is 4.98 Å². The summed E-state index contributed by atoms with van der Waals surface area (Å²) in [4.78, 5) is 48.0. The van der Waals surface area contributed by atoms with Gasteiger partial charge in [0.25, 0.3) is 0 Å². The van der Waals surface area contributed by atoms with Crippen LogP contribution in [0.15, 0.2) is 23.5 Å². The van der Waals surface area contributed by atoms with Gasteiger partial charge in [0.2, 0.25) is 11.9 Å². The van der Waals surface area contributed by atoms with Gasteiger partial charge >= 0.3 is 5.91 Å². The highest BCUT2D eigenvalue weighted by atomic mass is 16.5. The van der Waals surface area contributed by atoms with Crippen molar-refractivity contribution < 1.29 is 14.3 Å². The molecule has 10 nitrogen and oxygen atoms in total. The summed E-state index contributed by atoms with van der Waals surface area (Å²) < 4.78 is 5.70. The van der Waals surface area contributed by atoms with E-state index in [2.05, 4.69) is 15.5 Å². The quantitative estimate of drug-likeness (QED) is 0.728. The van der Waals surface area contributed by atoms with Crippen molar-refractivity contribution in [3.8, 4) is 5.75 Å². The summed E-state index contributed by atoms with van der Waals surface area (Å²) in [5.41, 5.74) is 2.13. The Labute approximate surface area is 179 Å². The lowest BCUT2D eigenvalue weighted by Crippen LogP contribution is -2.54. The second-order valence-corrected chi connectivity index (χ2v) is 7.81. The minimum atomic E-state index is -0.816. The molecule has 0 unspecified atom stereocenters.